The number of aliphatic carboxylic acids is 2. The second-order valence-electron chi connectivity index (χ2n) is 8.20. The lowest BCUT2D eigenvalue weighted by Crippen LogP contribution is -2.43. The lowest BCUT2D eigenvalue weighted by molar-refractivity contribution is -0.193. The summed E-state index contributed by atoms with van der Waals surface area (Å²) in [6, 6.07) is 5.71. The predicted octanol–water partition coefficient (Wildman–Crippen LogP) is 3.80. The van der Waals surface area contributed by atoms with Gasteiger partial charge in [-0.25, -0.2) is 9.59 Å². The molecule has 36 heavy (non-hydrogen) atoms. The highest BCUT2D eigenvalue weighted by Gasteiger charge is 2.39. The van der Waals surface area contributed by atoms with Crippen LogP contribution in [-0.2, 0) is 29.6 Å². The Bertz CT molecular complexity index is 966. The van der Waals surface area contributed by atoms with Crippen LogP contribution < -0.4 is 0 Å². The fourth-order valence-corrected chi connectivity index (χ4v) is 4.47. The largest absolute Gasteiger partial charge is 0.490 e. The summed E-state index contributed by atoms with van der Waals surface area (Å²) in [4.78, 5) is 25.7. The van der Waals surface area contributed by atoms with E-state index in [0.717, 1.165) is 13.0 Å². The average Bonchev–Trinajstić information content (AvgIpc) is 3.43. The zero-order valence-electron chi connectivity index (χ0n) is 20.0. The van der Waals surface area contributed by atoms with E-state index in [2.05, 4.69) is 54.2 Å². The summed E-state index contributed by atoms with van der Waals surface area (Å²) >= 11 is 1.92. The molecule has 8 nitrogen and oxygen atoms in total. The van der Waals surface area contributed by atoms with E-state index in [1.807, 2.05) is 29.3 Å². The molecule has 0 spiro atoms. The number of aryl methyl sites for hydroxylation is 2. The van der Waals surface area contributed by atoms with Gasteiger partial charge < -0.3 is 15.1 Å². The number of hydrogen-bond acceptors (Lipinski definition) is 6. The minimum Gasteiger partial charge on any atom is -0.475 e. The molecular formula is C21H28F6N4O4S. The van der Waals surface area contributed by atoms with E-state index < -0.39 is 24.3 Å². The Morgan fingerprint density at radius 1 is 1.11 bits per heavy atom. The number of thiophene rings is 1. The summed E-state index contributed by atoms with van der Waals surface area (Å²) < 4.78 is 65.4. The molecule has 204 valence electrons. The van der Waals surface area contributed by atoms with Crippen molar-refractivity contribution >= 4 is 23.3 Å². The van der Waals surface area contributed by atoms with Gasteiger partial charge in [-0.2, -0.15) is 31.4 Å². The molecule has 2 aromatic heterocycles. The van der Waals surface area contributed by atoms with Gasteiger partial charge in [0.15, 0.2) is 0 Å². The highest BCUT2D eigenvalue weighted by atomic mass is 32.1. The molecule has 0 saturated carbocycles. The SMILES string of the molecule is Cc1ccc(CN2CC[C@@H](N(C)C)[C@@H]2Cc2cnn(C)c2)s1.O=C(O)C(F)(F)F.O=C(O)C(F)(F)F. The van der Waals surface area contributed by atoms with Gasteiger partial charge in [-0.05, 0) is 51.6 Å². The van der Waals surface area contributed by atoms with Crippen LogP contribution in [0.15, 0.2) is 24.5 Å². The van der Waals surface area contributed by atoms with Crippen LogP contribution in [0.1, 0.15) is 21.7 Å². The second-order valence-corrected chi connectivity index (χ2v) is 9.57. The van der Waals surface area contributed by atoms with Crippen LogP contribution in [0.3, 0.4) is 0 Å². The normalized spacial score (nSPS) is 18.3. The van der Waals surface area contributed by atoms with Crippen molar-refractivity contribution in [3.8, 4) is 0 Å². The molecule has 0 bridgehead atoms. The number of aromatic nitrogens is 2. The third kappa shape index (κ3) is 10.5. The smallest absolute Gasteiger partial charge is 0.475 e. The molecule has 0 aliphatic carbocycles. The maximum Gasteiger partial charge on any atom is 0.490 e. The minimum atomic E-state index is -5.08. The summed E-state index contributed by atoms with van der Waals surface area (Å²) in [5.41, 5.74) is 1.34. The Balaban J connectivity index is 0.000000383. The van der Waals surface area contributed by atoms with Gasteiger partial charge in [0, 0.05) is 48.2 Å². The number of halogens is 6. The van der Waals surface area contributed by atoms with E-state index in [0.29, 0.717) is 12.1 Å². The van der Waals surface area contributed by atoms with Crippen molar-refractivity contribution < 1.29 is 46.1 Å². The Morgan fingerprint density at radius 2 is 1.64 bits per heavy atom. The van der Waals surface area contributed by atoms with Crippen LogP contribution in [0.25, 0.3) is 0 Å². The van der Waals surface area contributed by atoms with Gasteiger partial charge in [0.25, 0.3) is 0 Å². The number of carbonyl (C=O) groups is 2. The molecule has 3 rings (SSSR count). The van der Waals surface area contributed by atoms with Crippen LogP contribution in [0.4, 0.5) is 26.3 Å². The van der Waals surface area contributed by atoms with Crippen molar-refractivity contribution in [2.45, 2.75) is 50.7 Å². The number of alkyl halides is 6. The number of likely N-dealkylation sites (tertiary alicyclic amines) is 1. The Hall–Kier alpha value is -2.65. The molecule has 0 radical (unpaired) electrons. The molecule has 1 aliphatic rings. The summed E-state index contributed by atoms with van der Waals surface area (Å²) in [5.74, 6) is -5.51. The fourth-order valence-electron chi connectivity index (χ4n) is 3.55. The van der Waals surface area contributed by atoms with Crippen LogP contribution in [0.2, 0.25) is 0 Å². The first-order valence-corrected chi connectivity index (χ1v) is 11.3. The van der Waals surface area contributed by atoms with E-state index in [1.165, 1.54) is 28.3 Å². The standard InChI is InChI=1S/C17H26N4S.2C2HF3O2/c1-13-5-6-15(22-13)12-21-8-7-16(19(2)3)17(21)9-14-10-18-20(4)11-14;2*3-2(4,5)1(6)7/h5-6,10-11,16-17H,7-9,12H2,1-4H3;2*(H,6,7)/t16-,17+;;/m1../s1. The molecule has 0 amide bonds. The van der Waals surface area contributed by atoms with Crippen molar-refractivity contribution in [1.29, 1.82) is 0 Å². The maximum atomic E-state index is 10.6. The van der Waals surface area contributed by atoms with Crippen molar-refractivity contribution in [1.82, 2.24) is 19.6 Å². The van der Waals surface area contributed by atoms with E-state index >= 15 is 0 Å². The maximum absolute atomic E-state index is 10.6. The molecule has 2 aromatic rings. The van der Waals surface area contributed by atoms with Crippen molar-refractivity contribution in [3.63, 3.8) is 0 Å². The van der Waals surface area contributed by atoms with Crippen LogP contribution in [0, 0.1) is 6.92 Å². The minimum absolute atomic E-state index is 0.571. The van der Waals surface area contributed by atoms with Crippen molar-refractivity contribution in [2.75, 3.05) is 20.6 Å². The van der Waals surface area contributed by atoms with E-state index in [9.17, 15) is 26.3 Å². The number of nitrogens with zero attached hydrogens (tertiary/aromatic N) is 4. The highest BCUT2D eigenvalue weighted by Crippen LogP contribution is 2.28. The van der Waals surface area contributed by atoms with Gasteiger partial charge in [-0.15, -0.1) is 11.3 Å². The quantitative estimate of drug-likeness (QED) is 0.551. The summed E-state index contributed by atoms with van der Waals surface area (Å²) in [6.07, 6.45) is -3.67. The average molecular weight is 547 g/mol. The van der Waals surface area contributed by atoms with E-state index in [4.69, 9.17) is 19.8 Å². The summed E-state index contributed by atoms with van der Waals surface area (Å²) in [7, 11) is 6.41. The number of carboxylic acids is 2. The summed E-state index contributed by atoms with van der Waals surface area (Å²) in [5, 5.41) is 18.6. The van der Waals surface area contributed by atoms with Crippen molar-refractivity contribution in [2.24, 2.45) is 7.05 Å². The molecule has 0 unspecified atom stereocenters. The second kappa shape index (κ2) is 13.1. The zero-order valence-corrected chi connectivity index (χ0v) is 20.8. The zero-order chi connectivity index (χ0) is 27.8. The molecule has 3 heterocycles. The Morgan fingerprint density at radius 3 is 2.00 bits per heavy atom. The number of hydrogen-bond donors (Lipinski definition) is 2. The van der Waals surface area contributed by atoms with Gasteiger partial charge in [0.1, 0.15) is 0 Å². The molecule has 2 atom stereocenters. The first-order chi connectivity index (χ1) is 16.4. The molecular weight excluding hydrogens is 518 g/mol. The van der Waals surface area contributed by atoms with Crippen LogP contribution >= 0.6 is 11.3 Å². The van der Waals surface area contributed by atoms with Crippen LogP contribution in [0.5, 0.6) is 0 Å². The van der Waals surface area contributed by atoms with Gasteiger partial charge in [0.05, 0.1) is 6.20 Å². The van der Waals surface area contributed by atoms with Gasteiger partial charge in [0.2, 0.25) is 0 Å². The third-order valence-electron chi connectivity index (χ3n) is 5.13. The molecule has 1 aliphatic heterocycles. The van der Waals surface area contributed by atoms with Gasteiger partial charge >= 0.3 is 24.3 Å². The molecule has 15 heteroatoms. The van der Waals surface area contributed by atoms with E-state index in [1.54, 1.807) is 0 Å². The molecule has 2 N–H and O–H groups in total. The fraction of sp³-hybridized carbons (Fsp3) is 0.571. The topological polar surface area (TPSA) is 98.9 Å². The molecule has 1 saturated heterocycles. The highest BCUT2D eigenvalue weighted by molar-refractivity contribution is 7.11. The van der Waals surface area contributed by atoms with Gasteiger partial charge in [-0.1, -0.05) is 0 Å². The lowest BCUT2D eigenvalue weighted by atomic mass is 10.0. The lowest BCUT2D eigenvalue weighted by Gasteiger charge is -2.31. The molecule has 1 fully saturated rings. The van der Waals surface area contributed by atoms with E-state index in [-0.39, 0.29) is 0 Å². The Labute approximate surface area is 207 Å². The molecule has 0 aromatic carbocycles. The first kappa shape index (κ1) is 31.4. The van der Waals surface area contributed by atoms with Crippen LogP contribution in [-0.4, -0.2) is 86.8 Å². The Kier molecular flexibility index (Phi) is 11.4. The van der Waals surface area contributed by atoms with Crippen molar-refractivity contribution in [3.05, 3.63) is 39.8 Å². The number of carboxylic acid groups (broad SMARTS) is 2. The predicted molar refractivity (Wildman–Crippen MR) is 120 cm³/mol. The summed E-state index contributed by atoms with van der Waals surface area (Å²) in [6.45, 7) is 4.45. The van der Waals surface area contributed by atoms with Gasteiger partial charge in [-0.3, -0.25) is 9.58 Å². The monoisotopic (exact) mass is 546 g/mol. The number of rotatable bonds is 5. The first-order valence-electron chi connectivity index (χ1n) is 10.4. The third-order valence-corrected chi connectivity index (χ3v) is 6.12. The number of likely N-dealkylation sites (N-methyl/N-ethyl adjacent to an activating group) is 1.